The van der Waals surface area contributed by atoms with Crippen LogP contribution >= 0.6 is 0 Å². The van der Waals surface area contributed by atoms with Gasteiger partial charge in [0.15, 0.2) is 0 Å². The highest BCUT2D eigenvalue weighted by atomic mass is 19.4. The third-order valence-electron chi connectivity index (χ3n) is 2.22. The number of halogens is 3. The van der Waals surface area contributed by atoms with Crippen molar-refractivity contribution in [2.45, 2.75) is 6.18 Å². The number of rotatable bonds is 1. The number of nitriles is 1. The van der Waals surface area contributed by atoms with Crippen molar-refractivity contribution in [3.8, 4) is 17.5 Å². The van der Waals surface area contributed by atoms with Gasteiger partial charge in [-0.1, -0.05) is 12.1 Å². The van der Waals surface area contributed by atoms with Crippen molar-refractivity contribution in [3.63, 3.8) is 0 Å². The van der Waals surface area contributed by atoms with Gasteiger partial charge >= 0.3 is 6.18 Å². The molecule has 0 radical (unpaired) electrons. The Balaban J connectivity index is 2.61. The van der Waals surface area contributed by atoms with Gasteiger partial charge < -0.3 is 10.2 Å². The predicted octanol–water partition coefficient (Wildman–Crippen LogP) is 2.81. The highest BCUT2D eigenvalue weighted by Crippen LogP contribution is 2.37. The zero-order valence-electron chi connectivity index (χ0n) is 8.82. The van der Waals surface area contributed by atoms with E-state index in [9.17, 15) is 13.2 Å². The summed E-state index contributed by atoms with van der Waals surface area (Å²) in [5, 5.41) is 8.63. The maximum atomic E-state index is 12.8. The van der Waals surface area contributed by atoms with Crippen LogP contribution in [0.3, 0.4) is 0 Å². The van der Waals surface area contributed by atoms with Gasteiger partial charge in [-0.25, -0.2) is 0 Å². The second-order valence-corrected chi connectivity index (χ2v) is 3.39. The minimum Gasteiger partial charge on any atom is -0.419 e. The number of nitrogen functional groups attached to an aromatic ring is 1. The SMILES string of the molecule is N#Cc1nc(-c2ccccc2C(F)(F)F)oc1N. The van der Waals surface area contributed by atoms with Crippen LogP contribution in [0.5, 0.6) is 0 Å². The number of hydrogen-bond acceptors (Lipinski definition) is 4. The van der Waals surface area contributed by atoms with Crippen LogP contribution in [0.2, 0.25) is 0 Å². The number of hydrogen-bond donors (Lipinski definition) is 1. The molecule has 2 rings (SSSR count). The Bertz CT molecular complexity index is 625. The molecule has 0 aliphatic rings. The topological polar surface area (TPSA) is 75.8 Å². The summed E-state index contributed by atoms with van der Waals surface area (Å²) in [4.78, 5) is 3.62. The predicted molar refractivity (Wildman–Crippen MR) is 56.1 cm³/mol. The zero-order valence-corrected chi connectivity index (χ0v) is 8.82. The zero-order chi connectivity index (χ0) is 13.3. The van der Waals surface area contributed by atoms with E-state index in [1.165, 1.54) is 18.2 Å². The molecule has 0 bridgehead atoms. The van der Waals surface area contributed by atoms with Gasteiger partial charge in [0.05, 0.1) is 5.56 Å². The number of anilines is 1. The van der Waals surface area contributed by atoms with Gasteiger partial charge in [-0.3, -0.25) is 0 Å². The lowest BCUT2D eigenvalue weighted by molar-refractivity contribution is -0.137. The van der Waals surface area contributed by atoms with Crippen LogP contribution in [0.4, 0.5) is 19.1 Å². The van der Waals surface area contributed by atoms with E-state index in [-0.39, 0.29) is 23.0 Å². The van der Waals surface area contributed by atoms with E-state index < -0.39 is 11.7 Å². The molecule has 1 heterocycles. The Morgan fingerprint density at radius 1 is 1.28 bits per heavy atom. The number of alkyl halides is 3. The maximum absolute atomic E-state index is 12.8. The van der Waals surface area contributed by atoms with E-state index >= 15 is 0 Å². The molecule has 1 aromatic carbocycles. The number of aromatic nitrogens is 1. The smallest absolute Gasteiger partial charge is 0.417 e. The van der Waals surface area contributed by atoms with E-state index in [2.05, 4.69) is 4.98 Å². The number of nitrogens with two attached hydrogens (primary N) is 1. The Morgan fingerprint density at radius 3 is 2.50 bits per heavy atom. The Kier molecular flexibility index (Phi) is 2.71. The number of nitrogens with zero attached hydrogens (tertiary/aromatic N) is 2. The maximum Gasteiger partial charge on any atom is 0.417 e. The average Bonchev–Trinajstić information content (AvgIpc) is 2.69. The molecule has 4 nitrogen and oxygen atoms in total. The van der Waals surface area contributed by atoms with Crippen LogP contribution in [-0.2, 0) is 6.18 Å². The van der Waals surface area contributed by atoms with Crippen molar-refractivity contribution in [2.75, 3.05) is 5.73 Å². The third kappa shape index (κ3) is 2.00. The quantitative estimate of drug-likeness (QED) is 0.847. The molecule has 0 amide bonds. The summed E-state index contributed by atoms with van der Waals surface area (Å²) in [5.41, 5.74) is 3.94. The first-order chi connectivity index (χ1) is 8.43. The third-order valence-corrected chi connectivity index (χ3v) is 2.22. The standard InChI is InChI=1S/C11H6F3N3O/c12-11(13,14)7-4-2-1-3-6(7)10-17-8(5-15)9(16)18-10/h1-4H,16H2. The first kappa shape index (κ1) is 12.0. The lowest BCUT2D eigenvalue weighted by Crippen LogP contribution is -2.06. The number of oxazole rings is 1. The fraction of sp³-hybridized carbons (Fsp3) is 0.0909. The van der Waals surface area contributed by atoms with Crippen LogP contribution in [-0.4, -0.2) is 4.98 Å². The average molecular weight is 253 g/mol. The molecule has 0 saturated carbocycles. The van der Waals surface area contributed by atoms with E-state index in [0.717, 1.165) is 6.07 Å². The van der Waals surface area contributed by atoms with Gasteiger partial charge in [0.2, 0.25) is 17.5 Å². The van der Waals surface area contributed by atoms with Crippen molar-refractivity contribution in [2.24, 2.45) is 0 Å². The lowest BCUT2D eigenvalue weighted by atomic mass is 10.1. The molecule has 0 atom stereocenters. The fourth-order valence-corrected chi connectivity index (χ4v) is 1.44. The summed E-state index contributed by atoms with van der Waals surface area (Å²) in [6.45, 7) is 0. The summed E-state index contributed by atoms with van der Waals surface area (Å²) in [6, 6.07) is 6.41. The summed E-state index contributed by atoms with van der Waals surface area (Å²) >= 11 is 0. The van der Waals surface area contributed by atoms with E-state index in [1.807, 2.05) is 0 Å². The molecule has 0 saturated heterocycles. The van der Waals surface area contributed by atoms with Gasteiger partial charge in [0, 0.05) is 5.56 Å². The largest absolute Gasteiger partial charge is 0.419 e. The molecular weight excluding hydrogens is 247 g/mol. The molecule has 7 heteroatoms. The minimum absolute atomic E-state index is 0.234. The monoisotopic (exact) mass is 253 g/mol. The van der Waals surface area contributed by atoms with E-state index in [1.54, 1.807) is 6.07 Å². The van der Waals surface area contributed by atoms with Gasteiger partial charge in [0.1, 0.15) is 6.07 Å². The Morgan fingerprint density at radius 2 is 1.94 bits per heavy atom. The summed E-state index contributed by atoms with van der Waals surface area (Å²) < 4.78 is 43.1. The lowest BCUT2D eigenvalue weighted by Gasteiger charge is -2.09. The molecule has 0 aliphatic carbocycles. The summed E-state index contributed by atoms with van der Waals surface area (Å²) in [6.07, 6.45) is -4.54. The molecule has 2 aromatic rings. The molecular formula is C11H6F3N3O. The summed E-state index contributed by atoms with van der Waals surface area (Å²) in [5.74, 6) is -0.624. The fourth-order valence-electron chi connectivity index (χ4n) is 1.44. The molecule has 0 spiro atoms. The van der Waals surface area contributed by atoms with Crippen molar-refractivity contribution in [3.05, 3.63) is 35.5 Å². The van der Waals surface area contributed by atoms with Crippen LogP contribution in [0.1, 0.15) is 11.3 Å². The van der Waals surface area contributed by atoms with Gasteiger partial charge in [0.25, 0.3) is 0 Å². The second kappa shape index (κ2) is 4.07. The first-order valence-corrected chi connectivity index (χ1v) is 4.76. The minimum atomic E-state index is -4.54. The molecule has 2 N–H and O–H groups in total. The Hall–Kier alpha value is -2.49. The normalized spacial score (nSPS) is 11.2. The summed E-state index contributed by atoms with van der Waals surface area (Å²) in [7, 11) is 0. The van der Waals surface area contributed by atoms with Crippen LogP contribution < -0.4 is 5.73 Å². The van der Waals surface area contributed by atoms with Crippen molar-refractivity contribution in [1.82, 2.24) is 4.98 Å². The van der Waals surface area contributed by atoms with E-state index in [4.69, 9.17) is 15.4 Å². The highest BCUT2D eigenvalue weighted by molar-refractivity contribution is 5.62. The first-order valence-electron chi connectivity index (χ1n) is 4.76. The van der Waals surface area contributed by atoms with Crippen molar-refractivity contribution in [1.29, 1.82) is 5.26 Å². The van der Waals surface area contributed by atoms with Crippen LogP contribution in [0.15, 0.2) is 28.7 Å². The van der Waals surface area contributed by atoms with Crippen LogP contribution in [0, 0.1) is 11.3 Å². The molecule has 92 valence electrons. The molecule has 0 aliphatic heterocycles. The van der Waals surface area contributed by atoms with Gasteiger partial charge in [-0.05, 0) is 12.1 Å². The molecule has 0 unspecified atom stereocenters. The van der Waals surface area contributed by atoms with Gasteiger partial charge in [-0.15, -0.1) is 0 Å². The van der Waals surface area contributed by atoms with Crippen molar-refractivity contribution >= 4 is 5.88 Å². The Labute approximate surface area is 99.5 Å². The van der Waals surface area contributed by atoms with E-state index in [0.29, 0.717) is 0 Å². The number of benzene rings is 1. The molecule has 18 heavy (non-hydrogen) atoms. The van der Waals surface area contributed by atoms with Gasteiger partial charge in [-0.2, -0.15) is 23.4 Å². The molecule has 0 fully saturated rings. The molecule has 1 aromatic heterocycles. The highest BCUT2D eigenvalue weighted by Gasteiger charge is 2.34. The second-order valence-electron chi connectivity index (χ2n) is 3.39. The van der Waals surface area contributed by atoms with Crippen molar-refractivity contribution < 1.29 is 17.6 Å². The van der Waals surface area contributed by atoms with Crippen LogP contribution in [0.25, 0.3) is 11.5 Å².